The fraction of sp³-hybridized carbons (Fsp3) is 0.0455. The van der Waals surface area contributed by atoms with E-state index in [-0.39, 0.29) is 0 Å². The highest BCUT2D eigenvalue weighted by Crippen LogP contribution is 2.32. The van der Waals surface area contributed by atoms with Crippen molar-refractivity contribution in [2.45, 2.75) is 11.1 Å². The summed E-state index contributed by atoms with van der Waals surface area (Å²) in [6.07, 6.45) is -2.53. The third-order valence-electron chi connectivity index (χ3n) is 3.67. The van der Waals surface area contributed by atoms with Crippen molar-refractivity contribution in [1.82, 2.24) is 0 Å². The molecule has 5 heteroatoms. The van der Waals surface area contributed by atoms with Crippen LogP contribution >= 0.6 is 11.8 Å². The van der Waals surface area contributed by atoms with Gasteiger partial charge < -0.3 is 0 Å². The van der Waals surface area contributed by atoms with Gasteiger partial charge in [0, 0.05) is 10.5 Å². The molecule has 0 saturated carbocycles. The Bertz CT molecular complexity index is 933. The normalized spacial score (nSPS) is 12.5. The van der Waals surface area contributed by atoms with E-state index in [1.54, 1.807) is 11.5 Å². The standard InChI is InChI=1S/C22H16F3NS/c23-22(24,25)18-10-7-13-20(16-18)27-15-14-21(17-8-3-1-4-9-17)26-19-11-5-2-6-12-19/h1-16H. The van der Waals surface area contributed by atoms with E-state index in [9.17, 15) is 13.2 Å². The maximum Gasteiger partial charge on any atom is 0.416 e. The average Bonchev–Trinajstić information content (AvgIpc) is 2.68. The number of nitrogens with zero attached hydrogens (tertiary/aromatic N) is 1. The van der Waals surface area contributed by atoms with Crippen LogP contribution in [0, 0.1) is 0 Å². The van der Waals surface area contributed by atoms with Gasteiger partial charge in [-0.15, -0.1) is 0 Å². The number of hydrogen-bond donors (Lipinski definition) is 0. The van der Waals surface area contributed by atoms with Crippen molar-refractivity contribution in [2.75, 3.05) is 0 Å². The quantitative estimate of drug-likeness (QED) is 0.337. The molecule has 3 aromatic rings. The molecule has 0 aromatic heterocycles. The van der Waals surface area contributed by atoms with Gasteiger partial charge in [-0.05, 0) is 41.8 Å². The Hall–Kier alpha value is -2.79. The van der Waals surface area contributed by atoms with Gasteiger partial charge in [-0.3, -0.25) is 0 Å². The summed E-state index contributed by atoms with van der Waals surface area (Å²) in [6, 6.07) is 24.5. The maximum atomic E-state index is 12.8. The molecule has 0 atom stereocenters. The van der Waals surface area contributed by atoms with E-state index in [4.69, 9.17) is 0 Å². The van der Waals surface area contributed by atoms with Crippen molar-refractivity contribution in [3.63, 3.8) is 0 Å². The Morgan fingerprint density at radius 3 is 2.15 bits per heavy atom. The van der Waals surface area contributed by atoms with Crippen LogP contribution in [-0.2, 0) is 6.18 Å². The van der Waals surface area contributed by atoms with Crippen LogP contribution in [-0.4, -0.2) is 5.71 Å². The molecule has 0 radical (unpaired) electrons. The van der Waals surface area contributed by atoms with Gasteiger partial charge in [-0.25, -0.2) is 4.99 Å². The minimum atomic E-state index is -4.34. The van der Waals surface area contributed by atoms with Gasteiger partial charge in [-0.2, -0.15) is 13.2 Å². The molecule has 0 aliphatic rings. The fourth-order valence-electron chi connectivity index (χ4n) is 2.37. The van der Waals surface area contributed by atoms with E-state index in [0.717, 1.165) is 29.1 Å². The number of thioether (sulfide) groups is 1. The predicted molar refractivity (Wildman–Crippen MR) is 106 cm³/mol. The lowest BCUT2D eigenvalue weighted by Gasteiger charge is -2.07. The van der Waals surface area contributed by atoms with E-state index < -0.39 is 11.7 Å². The summed E-state index contributed by atoms with van der Waals surface area (Å²) in [4.78, 5) is 5.17. The highest BCUT2D eigenvalue weighted by atomic mass is 32.2. The summed E-state index contributed by atoms with van der Waals surface area (Å²) < 4.78 is 38.5. The Labute approximate surface area is 160 Å². The van der Waals surface area contributed by atoms with Crippen LogP contribution in [0.2, 0.25) is 0 Å². The number of para-hydroxylation sites is 1. The second-order valence-corrected chi connectivity index (χ2v) is 6.62. The van der Waals surface area contributed by atoms with E-state index >= 15 is 0 Å². The lowest BCUT2D eigenvalue weighted by molar-refractivity contribution is -0.137. The Morgan fingerprint density at radius 1 is 0.815 bits per heavy atom. The van der Waals surface area contributed by atoms with Crippen LogP contribution in [0.25, 0.3) is 0 Å². The molecule has 0 aliphatic carbocycles. The summed E-state index contributed by atoms with van der Waals surface area (Å²) in [6.45, 7) is 0. The van der Waals surface area contributed by atoms with Gasteiger partial charge in [0.15, 0.2) is 0 Å². The molecule has 0 fully saturated rings. The van der Waals surface area contributed by atoms with Gasteiger partial charge in [0.05, 0.1) is 17.0 Å². The topological polar surface area (TPSA) is 12.4 Å². The second kappa shape index (κ2) is 8.73. The Balaban J connectivity index is 1.84. The molecule has 3 rings (SSSR count). The van der Waals surface area contributed by atoms with Gasteiger partial charge in [0.2, 0.25) is 0 Å². The van der Waals surface area contributed by atoms with Crippen LogP contribution in [0.1, 0.15) is 11.1 Å². The zero-order chi connectivity index (χ0) is 19.1. The van der Waals surface area contributed by atoms with E-state index in [2.05, 4.69) is 4.99 Å². The molecule has 136 valence electrons. The monoisotopic (exact) mass is 383 g/mol. The molecule has 0 unspecified atom stereocenters. The fourth-order valence-corrected chi connectivity index (χ4v) is 3.08. The highest BCUT2D eigenvalue weighted by molar-refractivity contribution is 8.02. The summed E-state index contributed by atoms with van der Waals surface area (Å²) >= 11 is 1.22. The molecule has 1 nitrogen and oxygen atoms in total. The van der Waals surface area contributed by atoms with Crippen molar-refractivity contribution in [3.8, 4) is 0 Å². The minimum Gasteiger partial charge on any atom is -0.248 e. The van der Waals surface area contributed by atoms with E-state index in [0.29, 0.717) is 4.90 Å². The molecule has 0 aliphatic heterocycles. The molecular weight excluding hydrogens is 367 g/mol. The maximum absolute atomic E-state index is 12.8. The second-order valence-electron chi connectivity index (χ2n) is 5.64. The SMILES string of the molecule is FC(F)(F)c1cccc(SC=CC(=Nc2ccccc2)c2ccccc2)c1. The van der Waals surface area contributed by atoms with Gasteiger partial charge in [0.1, 0.15) is 0 Å². The number of rotatable bonds is 5. The number of alkyl halides is 3. The van der Waals surface area contributed by atoms with E-state index in [1.165, 1.54) is 17.8 Å². The van der Waals surface area contributed by atoms with Gasteiger partial charge in [0.25, 0.3) is 0 Å². The van der Waals surface area contributed by atoms with Crippen LogP contribution < -0.4 is 0 Å². The summed E-state index contributed by atoms with van der Waals surface area (Å²) in [5.74, 6) is 0. The molecule has 0 heterocycles. The zero-order valence-corrected chi connectivity index (χ0v) is 15.0. The summed E-state index contributed by atoms with van der Waals surface area (Å²) in [5.41, 5.74) is 1.83. The Morgan fingerprint density at radius 2 is 1.48 bits per heavy atom. The number of hydrogen-bond acceptors (Lipinski definition) is 2. The third kappa shape index (κ3) is 5.59. The van der Waals surface area contributed by atoms with Crippen LogP contribution in [0.3, 0.4) is 0 Å². The van der Waals surface area contributed by atoms with Crippen molar-refractivity contribution in [2.24, 2.45) is 4.99 Å². The van der Waals surface area contributed by atoms with Crippen LogP contribution in [0.4, 0.5) is 18.9 Å². The molecule has 3 aromatic carbocycles. The Kier molecular flexibility index (Phi) is 6.14. The first kappa shape index (κ1) is 19.0. The van der Waals surface area contributed by atoms with Crippen molar-refractivity contribution >= 4 is 23.2 Å². The van der Waals surface area contributed by atoms with Crippen molar-refractivity contribution < 1.29 is 13.2 Å². The molecule has 0 amide bonds. The first-order chi connectivity index (χ1) is 13.0. The van der Waals surface area contributed by atoms with Crippen LogP contribution in [0.5, 0.6) is 0 Å². The average molecular weight is 383 g/mol. The first-order valence-corrected chi connectivity index (χ1v) is 9.10. The number of halogens is 3. The largest absolute Gasteiger partial charge is 0.416 e. The minimum absolute atomic E-state index is 0.521. The molecule has 0 bridgehead atoms. The van der Waals surface area contributed by atoms with Crippen molar-refractivity contribution in [1.29, 1.82) is 0 Å². The number of aliphatic imine (C=N–C) groups is 1. The summed E-state index contributed by atoms with van der Waals surface area (Å²) in [7, 11) is 0. The lowest BCUT2D eigenvalue weighted by Crippen LogP contribution is -2.04. The molecule has 0 N–H and O–H groups in total. The molecule has 27 heavy (non-hydrogen) atoms. The molecule has 0 saturated heterocycles. The molecule has 0 spiro atoms. The smallest absolute Gasteiger partial charge is 0.248 e. The third-order valence-corrected chi connectivity index (χ3v) is 4.46. The zero-order valence-electron chi connectivity index (χ0n) is 14.2. The van der Waals surface area contributed by atoms with E-state index in [1.807, 2.05) is 66.7 Å². The number of allylic oxidation sites excluding steroid dienone is 1. The molecular formula is C22H16F3NS. The first-order valence-electron chi connectivity index (χ1n) is 8.22. The van der Waals surface area contributed by atoms with Crippen molar-refractivity contribution in [3.05, 3.63) is 108 Å². The predicted octanol–water partition coefficient (Wildman–Crippen LogP) is 7.13. The van der Waals surface area contributed by atoms with Gasteiger partial charge >= 0.3 is 6.18 Å². The number of benzene rings is 3. The lowest BCUT2D eigenvalue weighted by atomic mass is 10.1. The highest BCUT2D eigenvalue weighted by Gasteiger charge is 2.30. The van der Waals surface area contributed by atoms with Crippen LogP contribution in [0.15, 0.2) is 106 Å². The van der Waals surface area contributed by atoms with Gasteiger partial charge in [-0.1, -0.05) is 66.4 Å². The summed E-state index contributed by atoms with van der Waals surface area (Å²) in [5, 5.41) is 1.75.